The van der Waals surface area contributed by atoms with Crippen LogP contribution < -0.4 is 4.90 Å². The van der Waals surface area contributed by atoms with Gasteiger partial charge in [-0.2, -0.15) is 0 Å². The van der Waals surface area contributed by atoms with E-state index in [0.29, 0.717) is 28.4 Å². The van der Waals surface area contributed by atoms with E-state index in [9.17, 15) is 19.5 Å². The van der Waals surface area contributed by atoms with Gasteiger partial charge in [0.25, 0.3) is 17.6 Å². The summed E-state index contributed by atoms with van der Waals surface area (Å²) >= 11 is 5.97. The minimum absolute atomic E-state index is 0.0793. The SMILES string of the molecule is CN1C(=O)C2(C(=C(O)c3ccc(Cl)cc3)C(=O)C(=O)N2CC2CCCO2)c2ccccc21. The number of hydrogen-bond donors (Lipinski definition) is 1. The lowest BCUT2D eigenvalue weighted by Gasteiger charge is -2.35. The van der Waals surface area contributed by atoms with E-state index >= 15 is 0 Å². The van der Waals surface area contributed by atoms with E-state index in [1.165, 1.54) is 9.80 Å². The molecule has 2 aromatic carbocycles. The van der Waals surface area contributed by atoms with Crippen molar-refractivity contribution in [2.75, 3.05) is 25.1 Å². The fourth-order valence-corrected chi connectivity index (χ4v) is 5.09. The van der Waals surface area contributed by atoms with Gasteiger partial charge in [0.15, 0.2) is 5.54 Å². The molecule has 1 spiro atoms. The number of ether oxygens (including phenoxy) is 1. The standard InChI is InChI=1S/C24H21ClN2O5/c1-26-18-7-3-2-6-17(18)24(23(26)31)19(20(28)14-8-10-15(25)11-9-14)21(29)22(30)27(24)13-16-5-4-12-32-16/h2-3,6-11,16,28H,4-5,12-13H2,1H3. The highest BCUT2D eigenvalue weighted by Crippen LogP contribution is 2.53. The van der Waals surface area contributed by atoms with Crippen LogP contribution in [0.1, 0.15) is 24.0 Å². The molecule has 3 heterocycles. The first-order valence-corrected chi connectivity index (χ1v) is 10.8. The van der Waals surface area contributed by atoms with Crippen molar-refractivity contribution in [2.24, 2.45) is 0 Å². The van der Waals surface area contributed by atoms with E-state index in [-0.39, 0.29) is 18.2 Å². The average Bonchev–Trinajstić information content (AvgIpc) is 3.45. The Morgan fingerprint density at radius 1 is 1.16 bits per heavy atom. The Balaban J connectivity index is 1.79. The number of aliphatic hydroxyl groups is 1. The zero-order valence-corrected chi connectivity index (χ0v) is 18.1. The Morgan fingerprint density at radius 3 is 2.56 bits per heavy atom. The van der Waals surface area contributed by atoms with Crippen LogP contribution in [0.5, 0.6) is 0 Å². The first-order valence-electron chi connectivity index (χ1n) is 10.4. The molecule has 2 fully saturated rings. The van der Waals surface area contributed by atoms with Crippen LogP contribution in [0.2, 0.25) is 5.02 Å². The third kappa shape index (κ3) is 2.74. The summed E-state index contributed by atoms with van der Waals surface area (Å²) < 4.78 is 5.72. The van der Waals surface area contributed by atoms with Crippen LogP contribution in [0.15, 0.2) is 54.1 Å². The Morgan fingerprint density at radius 2 is 1.88 bits per heavy atom. The van der Waals surface area contributed by atoms with Gasteiger partial charge in [-0.1, -0.05) is 29.8 Å². The van der Waals surface area contributed by atoms with Crippen molar-refractivity contribution in [1.29, 1.82) is 0 Å². The second-order valence-electron chi connectivity index (χ2n) is 8.20. The highest BCUT2D eigenvalue weighted by molar-refractivity contribution is 6.50. The van der Waals surface area contributed by atoms with E-state index in [0.717, 1.165) is 12.8 Å². The third-order valence-corrected chi connectivity index (χ3v) is 6.72. The van der Waals surface area contributed by atoms with E-state index < -0.39 is 28.9 Å². The number of anilines is 1. The Bertz CT molecular complexity index is 1170. The van der Waals surface area contributed by atoms with Crippen molar-refractivity contribution in [2.45, 2.75) is 24.5 Å². The van der Waals surface area contributed by atoms with Gasteiger partial charge < -0.3 is 19.6 Å². The number of para-hydroxylation sites is 1. The summed E-state index contributed by atoms with van der Waals surface area (Å²) in [7, 11) is 1.60. The fraction of sp³-hybridized carbons (Fsp3) is 0.292. The quantitative estimate of drug-likeness (QED) is 0.439. The minimum Gasteiger partial charge on any atom is -0.507 e. The highest BCUT2D eigenvalue weighted by Gasteiger charge is 2.66. The molecule has 2 atom stereocenters. The molecular weight excluding hydrogens is 432 g/mol. The molecule has 2 amide bonds. The molecule has 0 aliphatic carbocycles. The van der Waals surface area contributed by atoms with Gasteiger partial charge in [-0.05, 0) is 43.2 Å². The zero-order chi connectivity index (χ0) is 22.6. The van der Waals surface area contributed by atoms with E-state index in [4.69, 9.17) is 16.3 Å². The predicted octanol–water partition coefficient (Wildman–Crippen LogP) is 3.07. The number of carbonyl (C=O) groups excluding carboxylic acids is 3. The first-order chi connectivity index (χ1) is 15.4. The van der Waals surface area contributed by atoms with Gasteiger partial charge in [0.05, 0.1) is 11.7 Å². The third-order valence-electron chi connectivity index (χ3n) is 6.47. The molecule has 0 bridgehead atoms. The summed E-state index contributed by atoms with van der Waals surface area (Å²) in [6, 6.07) is 13.3. The van der Waals surface area contributed by atoms with E-state index in [2.05, 4.69) is 0 Å². The number of fused-ring (bicyclic) bond motifs is 2. The van der Waals surface area contributed by atoms with Gasteiger partial charge in [-0.15, -0.1) is 0 Å². The van der Waals surface area contributed by atoms with E-state index in [1.54, 1.807) is 55.6 Å². The van der Waals surface area contributed by atoms with Crippen LogP contribution in [-0.2, 0) is 24.7 Å². The van der Waals surface area contributed by atoms with Crippen molar-refractivity contribution < 1.29 is 24.2 Å². The number of amides is 2. The maximum absolute atomic E-state index is 13.8. The summed E-state index contributed by atoms with van der Waals surface area (Å²) in [5.41, 5.74) is -0.623. The highest BCUT2D eigenvalue weighted by atomic mass is 35.5. The largest absolute Gasteiger partial charge is 0.507 e. The average molecular weight is 453 g/mol. The summed E-state index contributed by atoms with van der Waals surface area (Å²) in [5.74, 6) is -2.59. The molecule has 2 unspecified atom stereocenters. The molecule has 2 aromatic rings. The molecule has 0 radical (unpaired) electrons. The number of aliphatic hydroxyl groups excluding tert-OH is 1. The first kappa shape index (κ1) is 20.7. The van der Waals surface area contributed by atoms with Gasteiger partial charge >= 0.3 is 0 Å². The molecule has 164 valence electrons. The van der Waals surface area contributed by atoms with Gasteiger partial charge in [-0.3, -0.25) is 14.4 Å². The number of likely N-dealkylation sites (N-methyl/N-ethyl adjacent to an activating group) is 1. The summed E-state index contributed by atoms with van der Waals surface area (Å²) in [6.45, 7) is 0.646. The topological polar surface area (TPSA) is 87.2 Å². The van der Waals surface area contributed by atoms with Crippen LogP contribution in [0, 0.1) is 0 Å². The molecule has 0 saturated carbocycles. The van der Waals surface area contributed by atoms with Crippen molar-refractivity contribution in [3.05, 3.63) is 70.3 Å². The number of benzene rings is 2. The number of nitrogens with zero attached hydrogens (tertiary/aromatic N) is 2. The summed E-state index contributed by atoms with van der Waals surface area (Å²) in [5, 5.41) is 11.7. The van der Waals surface area contributed by atoms with Crippen molar-refractivity contribution in [3.8, 4) is 0 Å². The molecule has 5 rings (SSSR count). The van der Waals surface area contributed by atoms with Crippen LogP contribution in [0.25, 0.3) is 5.76 Å². The Kier molecular flexibility index (Phi) is 4.83. The van der Waals surface area contributed by atoms with Crippen LogP contribution in [0.4, 0.5) is 5.69 Å². The maximum Gasteiger partial charge on any atom is 0.296 e. The number of Topliss-reactive ketones (excluding diaryl/α,β-unsaturated/α-hetero) is 1. The Labute approximate surface area is 189 Å². The summed E-state index contributed by atoms with van der Waals surface area (Å²) in [4.78, 5) is 43.2. The van der Waals surface area contributed by atoms with Crippen molar-refractivity contribution >= 4 is 40.6 Å². The van der Waals surface area contributed by atoms with Crippen LogP contribution >= 0.6 is 11.6 Å². The fourth-order valence-electron chi connectivity index (χ4n) is 4.97. The van der Waals surface area contributed by atoms with Crippen LogP contribution in [-0.4, -0.2) is 53.9 Å². The molecule has 7 nitrogen and oxygen atoms in total. The van der Waals surface area contributed by atoms with E-state index in [1.807, 2.05) is 0 Å². The molecule has 32 heavy (non-hydrogen) atoms. The van der Waals surface area contributed by atoms with Crippen LogP contribution in [0.3, 0.4) is 0 Å². The molecule has 2 saturated heterocycles. The molecule has 0 aromatic heterocycles. The minimum atomic E-state index is -1.75. The van der Waals surface area contributed by atoms with Crippen molar-refractivity contribution in [3.63, 3.8) is 0 Å². The number of ketones is 1. The number of likely N-dealkylation sites (tertiary alicyclic amines) is 1. The molecular formula is C24H21ClN2O5. The van der Waals surface area contributed by atoms with Gasteiger partial charge in [-0.25, -0.2) is 0 Å². The van der Waals surface area contributed by atoms with Gasteiger partial charge in [0.1, 0.15) is 5.76 Å². The zero-order valence-electron chi connectivity index (χ0n) is 17.4. The second-order valence-corrected chi connectivity index (χ2v) is 8.64. The van der Waals surface area contributed by atoms with Crippen molar-refractivity contribution in [1.82, 2.24) is 4.90 Å². The lowest BCUT2D eigenvalue weighted by atomic mass is 9.81. The molecule has 3 aliphatic rings. The van der Waals surface area contributed by atoms with Gasteiger partial charge in [0.2, 0.25) is 0 Å². The lowest BCUT2D eigenvalue weighted by molar-refractivity contribution is -0.145. The number of carbonyl (C=O) groups is 3. The smallest absolute Gasteiger partial charge is 0.296 e. The molecule has 1 N–H and O–H groups in total. The normalized spacial score (nSPS) is 26.4. The number of hydrogen-bond acceptors (Lipinski definition) is 5. The monoisotopic (exact) mass is 452 g/mol. The molecule has 3 aliphatic heterocycles. The lowest BCUT2D eigenvalue weighted by Crippen LogP contribution is -2.53. The number of halogens is 1. The maximum atomic E-state index is 13.8. The second kappa shape index (κ2) is 7.46. The molecule has 8 heteroatoms. The summed E-state index contributed by atoms with van der Waals surface area (Å²) in [6.07, 6.45) is 1.28. The number of rotatable bonds is 3. The van der Waals surface area contributed by atoms with Gasteiger partial charge in [0, 0.05) is 42.0 Å². The Hall–Kier alpha value is -3.16. The predicted molar refractivity (Wildman–Crippen MR) is 118 cm³/mol.